The molecule has 0 spiro atoms. The Labute approximate surface area is 390 Å². The van der Waals surface area contributed by atoms with Gasteiger partial charge in [-0.25, -0.2) is 9.97 Å². The van der Waals surface area contributed by atoms with Gasteiger partial charge in [0.1, 0.15) is 0 Å². The van der Waals surface area contributed by atoms with E-state index in [-0.39, 0.29) is 0 Å². The predicted molar refractivity (Wildman–Crippen MR) is 279 cm³/mol. The van der Waals surface area contributed by atoms with E-state index in [1.807, 2.05) is 18.2 Å². The molecule has 2 nitrogen and oxygen atoms in total. The van der Waals surface area contributed by atoms with Gasteiger partial charge in [-0.2, -0.15) is 0 Å². The van der Waals surface area contributed by atoms with E-state index in [1.165, 1.54) is 82.6 Å². The van der Waals surface area contributed by atoms with Gasteiger partial charge >= 0.3 is 0 Å². The highest BCUT2D eigenvalue weighted by Crippen LogP contribution is 2.57. The summed E-state index contributed by atoms with van der Waals surface area (Å²) in [7, 11) is 0. The van der Waals surface area contributed by atoms with E-state index in [2.05, 4.69) is 237 Å². The maximum Gasteiger partial charge on any atom is 0.160 e. The Morgan fingerprint density at radius 3 is 1.42 bits per heavy atom. The van der Waals surface area contributed by atoms with Gasteiger partial charge < -0.3 is 0 Å². The van der Waals surface area contributed by atoms with Crippen LogP contribution in [-0.2, 0) is 5.41 Å². The molecule has 0 unspecified atom stereocenters. The van der Waals surface area contributed by atoms with Crippen LogP contribution in [0.5, 0.6) is 0 Å². The van der Waals surface area contributed by atoms with E-state index >= 15 is 0 Å². The van der Waals surface area contributed by atoms with E-state index in [0.29, 0.717) is 5.82 Å². The average molecular weight is 851 g/mol. The predicted octanol–water partition coefficient (Wildman–Crippen LogP) is 16.6. The Morgan fingerprint density at radius 1 is 0.254 bits per heavy atom. The maximum atomic E-state index is 5.31. The molecular weight excluding hydrogens is 809 g/mol. The van der Waals surface area contributed by atoms with E-state index in [4.69, 9.17) is 9.97 Å². The van der Waals surface area contributed by atoms with Gasteiger partial charge in [0.25, 0.3) is 0 Å². The number of nitrogens with zero attached hydrogens (tertiary/aromatic N) is 2. The van der Waals surface area contributed by atoms with Crippen LogP contribution < -0.4 is 0 Å². The second-order valence-electron chi connectivity index (χ2n) is 17.7. The Balaban J connectivity index is 0.999. The van der Waals surface area contributed by atoms with Gasteiger partial charge in [-0.15, -0.1) is 0 Å². The lowest BCUT2D eigenvalue weighted by molar-refractivity contribution is 0.771. The molecule has 0 aliphatic heterocycles. The number of rotatable bonds is 7. The molecule has 1 heterocycles. The first-order valence-corrected chi connectivity index (χ1v) is 23.0. The Bertz CT molecular complexity index is 3770. The van der Waals surface area contributed by atoms with Gasteiger partial charge in [0, 0.05) is 16.7 Å². The molecular formula is C65H42N2. The summed E-state index contributed by atoms with van der Waals surface area (Å²) in [5, 5.41) is 7.25. The fourth-order valence-electron chi connectivity index (χ4n) is 10.8. The highest BCUT2D eigenvalue weighted by molar-refractivity contribution is 6.05. The van der Waals surface area contributed by atoms with Gasteiger partial charge in [-0.3, -0.25) is 0 Å². The lowest BCUT2D eigenvalue weighted by Gasteiger charge is -2.34. The maximum absolute atomic E-state index is 5.31. The lowest BCUT2D eigenvalue weighted by atomic mass is 9.67. The number of hydrogen-bond donors (Lipinski definition) is 0. The summed E-state index contributed by atoms with van der Waals surface area (Å²) in [6, 6.07) is 92.8. The van der Waals surface area contributed by atoms with Crippen LogP contribution in [-0.4, -0.2) is 9.97 Å². The third-order valence-electron chi connectivity index (χ3n) is 14.0. The van der Waals surface area contributed by atoms with Crippen molar-refractivity contribution >= 4 is 32.3 Å². The lowest BCUT2D eigenvalue weighted by Crippen LogP contribution is -2.28. The average Bonchev–Trinajstić information content (AvgIpc) is 3.71. The molecule has 1 aromatic heterocycles. The van der Waals surface area contributed by atoms with Crippen LogP contribution in [0.4, 0.5) is 0 Å². The van der Waals surface area contributed by atoms with Crippen LogP contribution in [0.1, 0.15) is 22.3 Å². The van der Waals surface area contributed by atoms with Gasteiger partial charge in [0.15, 0.2) is 5.82 Å². The van der Waals surface area contributed by atoms with Gasteiger partial charge in [0.05, 0.1) is 16.8 Å². The van der Waals surface area contributed by atoms with Crippen molar-refractivity contribution in [3.63, 3.8) is 0 Å². The molecule has 312 valence electrons. The highest BCUT2D eigenvalue weighted by Gasteiger charge is 2.46. The number of hydrogen-bond acceptors (Lipinski definition) is 2. The van der Waals surface area contributed by atoms with Crippen molar-refractivity contribution in [3.8, 4) is 67.3 Å². The molecule has 0 saturated heterocycles. The zero-order chi connectivity index (χ0) is 44.3. The number of benzene rings is 11. The molecule has 12 aromatic rings. The number of aromatic nitrogens is 2. The Morgan fingerprint density at radius 2 is 0.731 bits per heavy atom. The summed E-state index contributed by atoms with van der Waals surface area (Å²) < 4.78 is 0. The van der Waals surface area contributed by atoms with Crippen molar-refractivity contribution in [1.82, 2.24) is 9.97 Å². The van der Waals surface area contributed by atoms with Crippen LogP contribution >= 0.6 is 0 Å². The van der Waals surface area contributed by atoms with Crippen LogP contribution in [0.3, 0.4) is 0 Å². The fourth-order valence-corrected chi connectivity index (χ4v) is 10.8. The highest BCUT2D eigenvalue weighted by atomic mass is 14.9. The first-order chi connectivity index (χ1) is 33.2. The summed E-state index contributed by atoms with van der Waals surface area (Å²) in [4.78, 5) is 10.5. The Hall–Kier alpha value is -8.72. The summed E-state index contributed by atoms with van der Waals surface area (Å²) in [6.07, 6.45) is 0. The van der Waals surface area contributed by atoms with Crippen molar-refractivity contribution in [2.75, 3.05) is 0 Å². The second-order valence-corrected chi connectivity index (χ2v) is 17.7. The minimum absolute atomic E-state index is 0.573. The summed E-state index contributed by atoms with van der Waals surface area (Å²) >= 11 is 0. The molecule has 0 radical (unpaired) electrons. The van der Waals surface area contributed by atoms with Crippen LogP contribution in [0.15, 0.2) is 255 Å². The van der Waals surface area contributed by atoms with E-state index < -0.39 is 5.41 Å². The third kappa shape index (κ3) is 6.41. The van der Waals surface area contributed by atoms with E-state index in [0.717, 1.165) is 33.5 Å². The first kappa shape index (κ1) is 38.7. The molecule has 0 amide bonds. The fraction of sp³-hybridized carbons (Fsp3) is 0.0154. The SMILES string of the molecule is c1ccc(-c2ccc(-c3cc(-c4ccc(-c5ccc6c(c5)C(c5ccc7ccccc7c5)(c5ccc7ccccc7c5)c5ccccc5-6)c5ccccc45)nc(-c4ccccc4)n3)cc2)cc1. The van der Waals surface area contributed by atoms with Crippen molar-refractivity contribution < 1.29 is 0 Å². The van der Waals surface area contributed by atoms with Crippen LogP contribution in [0.2, 0.25) is 0 Å². The second kappa shape index (κ2) is 15.8. The summed E-state index contributed by atoms with van der Waals surface area (Å²) in [5.41, 5.74) is 16.6. The van der Waals surface area contributed by atoms with Crippen molar-refractivity contribution in [2.24, 2.45) is 0 Å². The molecule has 0 saturated carbocycles. The minimum Gasteiger partial charge on any atom is -0.228 e. The topological polar surface area (TPSA) is 25.8 Å². The molecule has 0 atom stereocenters. The van der Waals surface area contributed by atoms with E-state index in [1.54, 1.807) is 0 Å². The van der Waals surface area contributed by atoms with Crippen molar-refractivity contribution in [1.29, 1.82) is 0 Å². The van der Waals surface area contributed by atoms with Gasteiger partial charge in [-0.05, 0) is 112 Å². The smallest absolute Gasteiger partial charge is 0.160 e. The quantitative estimate of drug-likeness (QED) is 0.160. The first-order valence-electron chi connectivity index (χ1n) is 23.0. The van der Waals surface area contributed by atoms with Gasteiger partial charge in [-0.1, -0.05) is 231 Å². The Kier molecular flexibility index (Phi) is 9.11. The molecule has 1 aliphatic rings. The zero-order valence-corrected chi connectivity index (χ0v) is 36.6. The van der Waals surface area contributed by atoms with Crippen LogP contribution in [0, 0.1) is 0 Å². The zero-order valence-electron chi connectivity index (χ0n) is 36.6. The molecule has 11 aromatic carbocycles. The third-order valence-corrected chi connectivity index (χ3v) is 14.0. The van der Waals surface area contributed by atoms with E-state index in [9.17, 15) is 0 Å². The van der Waals surface area contributed by atoms with Crippen LogP contribution in [0.25, 0.3) is 99.6 Å². The normalized spacial score (nSPS) is 12.6. The monoisotopic (exact) mass is 850 g/mol. The molecule has 0 bridgehead atoms. The summed E-state index contributed by atoms with van der Waals surface area (Å²) in [6.45, 7) is 0. The minimum atomic E-state index is -0.573. The molecule has 0 N–H and O–H groups in total. The molecule has 67 heavy (non-hydrogen) atoms. The van der Waals surface area contributed by atoms with Gasteiger partial charge in [0.2, 0.25) is 0 Å². The largest absolute Gasteiger partial charge is 0.228 e. The van der Waals surface area contributed by atoms with Crippen molar-refractivity contribution in [2.45, 2.75) is 5.41 Å². The standard InChI is InChI=1S/C65H42N2/c1-3-15-43(16-4-1)46-27-29-47(30-28-46)62-42-63(67-64(66-62)48-19-5-2-6-20-48)59-38-37-54(55-23-11-12-24-56(55)59)51-33-36-58-57-25-13-14-26-60(57)65(61(58)41-51,52-34-31-44-17-7-9-21-49(44)39-52)53-35-32-45-18-8-10-22-50(45)40-53/h1-42H. The molecule has 1 aliphatic carbocycles. The number of fused-ring (bicyclic) bond motifs is 6. The van der Waals surface area contributed by atoms with Crippen molar-refractivity contribution in [3.05, 3.63) is 277 Å². The molecule has 2 heteroatoms. The summed E-state index contributed by atoms with van der Waals surface area (Å²) in [5.74, 6) is 0.699. The molecule has 13 rings (SSSR count). The molecule has 0 fully saturated rings.